The van der Waals surface area contributed by atoms with Gasteiger partial charge >= 0.3 is 6.18 Å². The van der Waals surface area contributed by atoms with Crippen LogP contribution in [0.3, 0.4) is 0 Å². The van der Waals surface area contributed by atoms with Gasteiger partial charge in [0.1, 0.15) is 0 Å². The van der Waals surface area contributed by atoms with E-state index in [2.05, 4.69) is 0 Å². The molecule has 0 saturated heterocycles. The number of rotatable bonds is 2. The number of fused-ring (bicyclic) bond motifs is 1. The summed E-state index contributed by atoms with van der Waals surface area (Å²) < 4.78 is 39.7. The lowest BCUT2D eigenvalue weighted by atomic mass is 9.85. The molecule has 114 valence electrons. The van der Waals surface area contributed by atoms with Gasteiger partial charge in [0.25, 0.3) is 5.56 Å². The summed E-state index contributed by atoms with van der Waals surface area (Å²) in [7, 11) is 0. The Kier molecular flexibility index (Phi) is 3.49. The standard InChI is InChI=1S/C14H15F3N2O2/c1-13(2,7-20)8-3-4-9-10(14(15,16)17)6-12(21)19(18)11(9)5-8/h3-6,20H,7,18H2,1-2H3. The van der Waals surface area contributed by atoms with Crippen molar-refractivity contribution >= 4 is 10.9 Å². The molecule has 7 heteroatoms. The van der Waals surface area contributed by atoms with Crippen molar-refractivity contribution in [2.75, 3.05) is 12.4 Å². The van der Waals surface area contributed by atoms with Crippen LogP contribution in [0.15, 0.2) is 29.1 Å². The van der Waals surface area contributed by atoms with E-state index in [-0.39, 0.29) is 17.5 Å². The molecule has 0 atom stereocenters. The molecule has 0 aliphatic heterocycles. The first-order valence-electron chi connectivity index (χ1n) is 6.21. The molecule has 0 radical (unpaired) electrons. The molecular formula is C14H15F3N2O2. The molecule has 4 nitrogen and oxygen atoms in total. The number of benzene rings is 1. The van der Waals surface area contributed by atoms with Gasteiger partial charge in [-0.15, -0.1) is 0 Å². The molecule has 1 aromatic heterocycles. The third-order valence-electron chi connectivity index (χ3n) is 3.53. The Labute approximate surface area is 118 Å². The topological polar surface area (TPSA) is 68.2 Å². The monoisotopic (exact) mass is 300 g/mol. The van der Waals surface area contributed by atoms with Crippen LogP contribution in [0.4, 0.5) is 13.2 Å². The predicted molar refractivity (Wildman–Crippen MR) is 73.5 cm³/mol. The van der Waals surface area contributed by atoms with Crippen LogP contribution in [-0.4, -0.2) is 16.4 Å². The second kappa shape index (κ2) is 4.77. The highest BCUT2D eigenvalue weighted by atomic mass is 19.4. The minimum absolute atomic E-state index is 0.0196. The minimum Gasteiger partial charge on any atom is -0.395 e. The number of alkyl halides is 3. The van der Waals surface area contributed by atoms with Gasteiger partial charge in [0.15, 0.2) is 0 Å². The number of aromatic nitrogens is 1. The zero-order valence-corrected chi connectivity index (χ0v) is 11.5. The average molecular weight is 300 g/mol. The van der Waals surface area contributed by atoms with Crippen molar-refractivity contribution < 1.29 is 18.3 Å². The second-order valence-electron chi connectivity index (χ2n) is 5.54. The first-order valence-corrected chi connectivity index (χ1v) is 6.21. The summed E-state index contributed by atoms with van der Waals surface area (Å²) in [5, 5.41) is 9.20. The number of hydrogen-bond donors (Lipinski definition) is 2. The molecule has 1 aromatic carbocycles. The van der Waals surface area contributed by atoms with Crippen LogP contribution in [-0.2, 0) is 11.6 Å². The average Bonchev–Trinajstić information content (AvgIpc) is 2.41. The summed E-state index contributed by atoms with van der Waals surface area (Å²) in [6.45, 7) is 3.29. The van der Waals surface area contributed by atoms with Crippen LogP contribution in [0.1, 0.15) is 25.0 Å². The number of aliphatic hydroxyl groups excluding tert-OH is 1. The number of nitrogens with two attached hydrogens (primary N) is 1. The van der Waals surface area contributed by atoms with Crippen molar-refractivity contribution in [2.45, 2.75) is 25.4 Å². The largest absolute Gasteiger partial charge is 0.417 e. The van der Waals surface area contributed by atoms with Gasteiger partial charge in [0.2, 0.25) is 0 Å². The lowest BCUT2D eigenvalue weighted by molar-refractivity contribution is -0.136. The third kappa shape index (κ3) is 2.61. The molecule has 0 spiro atoms. The van der Waals surface area contributed by atoms with Gasteiger partial charge in [-0.05, 0) is 11.6 Å². The molecule has 0 amide bonds. The van der Waals surface area contributed by atoms with Gasteiger partial charge < -0.3 is 10.9 Å². The Hall–Kier alpha value is -2.02. The van der Waals surface area contributed by atoms with Gasteiger partial charge in [-0.3, -0.25) is 4.79 Å². The molecule has 0 unspecified atom stereocenters. The normalized spacial score (nSPS) is 12.9. The van der Waals surface area contributed by atoms with Crippen LogP contribution in [0.2, 0.25) is 0 Å². The Morgan fingerprint density at radius 1 is 1.24 bits per heavy atom. The van der Waals surface area contributed by atoms with E-state index in [1.165, 1.54) is 18.2 Å². The minimum atomic E-state index is -4.64. The Balaban J connectivity index is 2.85. The van der Waals surface area contributed by atoms with E-state index in [1.807, 2.05) is 0 Å². The smallest absolute Gasteiger partial charge is 0.395 e. The molecule has 0 fully saturated rings. The highest BCUT2D eigenvalue weighted by molar-refractivity contribution is 5.84. The van der Waals surface area contributed by atoms with Crippen molar-refractivity contribution in [2.24, 2.45) is 0 Å². The Morgan fingerprint density at radius 2 is 1.86 bits per heavy atom. The maximum absolute atomic E-state index is 13.0. The lowest BCUT2D eigenvalue weighted by Gasteiger charge is -2.23. The molecule has 21 heavy (non-hydrogen) atoms. The quantitative estimate of drug-likeness (QED) is 0.834. The lowest BCUT2D eigenvalue weighted by Crippen LogP contribution is -2.29. The summed E-state index contributed by atoms with van der Waals surface area (Å²) in [6.07, 6.45) is -4.64. The van der Waals surface area contributed by atoms with Crippen molar-refractivity contribution in [1.29, 1.82) is 0 Å². The van der Waals surface area contributed by atoms with E-state index in [1.54, 1.807) is 13.8 Å². The van der Waals surface area contributed by atoms with Gasteiger partial charge in [-0.1, -0.05) is 26.0 Å². The highest BCUT2D eigenvalue weighted by Gasteiger charge is 2.34. The first kappa shape index (κ1) is 15.4. The van der Waals surface area contributed by atoms with Crippen LogP contribution in [0.25, 0.3) is 10.9 Å². The Morgan fingerprint density at radius 3 is 2.38 bits per heavy atom. The van der Waals surface area contributed by atoms with E-state index in [4.69, 9.17) is 5.84 Å². The zero-order chi connectivity index (χ0) is 16.0. The fourth-order valence-corrected chi connectivity index (χ4v) is 2.09. The van der Waals surface area contributed by atoms with E-state index in [0.29, 0.717) is 16.3 Å². The van der Waals surface area contributed by atoms with Gasteiger partial charge in [0.05, 0.1) is 17.7 Å². The van der Waals surface area contributed by atoms with Crippen molar-refractivity contribution in [1.82, 2.24) is 4.68 Å². The van der Waals surface area contributed by atoms with Gasteiger partial charge in [-0.2, -0.15) is 13.2 Å². The highest BCUT2D eigenvalue weighted by Crippen LogP contribution is 2.35. The fraction of sp³-hybridized carbons (Fsp3) is 0.357. The number of nitrogens with zero attached hydrogens (tertiary/aromatic N) is 1. The number of hydrogen-bond acceptors (Lipinski definition) is 3. The molecular weight excluding hydrogens is 285 g/mol. The maximum Gasteiger partial charge on any atom is 0.417 e. The molecule has 2 aromatic rings. The van der Waals surface area contributed by atoms with E-state index in [9.17, 15) is 23.1 Å². The van der Waals surface area contributed by atoms with Crippen LogP contribution < -0.4 is 11.4 Å². The van der Waals surface area contributed by atoms with E-state index >= 15 is 0 Å². The van der Waals surface area contributed by atoms with E-state index in [0.717, 1.165) is 0 Å². The molecule has 0 aliphatic carbocycles. The van der Waals surface area contributed by atoms with Gasteiger partial charge in [-0.25, -0.2) is 4.68 Å². The summed E-state index contributed by atoms with van der Waals surface area (Å²) in [6, 6.07) is 4.66. The number of aliphatic hydroxyl groups is 1. The van der Waals surface area contributed by atoms with E-state index < -0.39 is 22.7 Å². The summed E-state index contributed by atoms with van der Waals surface area (Å²) in [4.78, 5) is 11.6. The molecule has 0 bridgehead atoms. The molecule has 1 heterocycles. The zero-order valence-electron chi connectivity index (χ0n) is 11.5. The predicted octanol–water partition coefficient (Wildman–Crippen LogP) is 2.00. The summed E-state index contributed by atoms with van der Waals surface area (Å²) in [5.41, 5.74) is -2.03. The van der Waals surface area contributed by atoms with Gasteiger partial charge in [0, 0.05) is 16.9 Å². The van der Waals surface area contributed by atoms with Crippen molar-refractivity contribution in [3.05, 3.63) is 45.7 Å². The Bertz CT molecular complexity index is 748. The van der Waals surface area contributed by atoms with Crippen LogP contribution >= 0.6 is 0 Å². The number of halogens is 3. The van der Waals surface area contributed by atoms with Crippen molar-refractivity contribution in [3.63, 3.8) is 0 Å². The molecule has 0 aliphatic rings. The van der Waals surface area contributed by atoms with Crippen LogP contribution in [0, 0.1) is 0 Å². The second-order valence-corrected chi connectivity index (χ2v) is 5.54. The number of nitrogen functional groups attached to an aromatic ring is 1. The van der Waals surface area contributed by atoms with Crippen LogP contribution in [0.5, 0.6) is 0 Å². The maximum atomic E-state index is 13.0. The molecule has 3 N–H and O–H groups in total. The summed E-state index contributed by atoms with van der Waals surface area (Å²) >= 11 is 0. The summed E-state index contributed by atoms with van der Waals surface area (Å²) in [5.74, 6) is 5.56. The SMILES string of the molecule is CC(C)(CO)c1ccc2c(C(F)(F)F)cc(=O)n(N)c2c1. The molecule has 2 rings (SSSR count). The first-order chi connectivity index (χ1) is 9.58. The fourth-order valence-electron chi connectivity index (χ4n) is 2.09. The van der Waals surface area contributed by atoms with Crippen molar-refractivity contribution in [3.8, 4) is 0 Å². The third-order valence-corrected chi connectivity index (χ3v) is 3.53. The number of pyridine rings is 1. The molecule has 0 saturated carbocycles.